The Balaban J connectivity index is 1.64. The fourth-order valence-corrected chi connectivity index (χ4v) is 4.16. The minimum Gasteiger partial charge on any atom is -0.444 e. The third kappa shape index (κ3) is 5.50. The van der Waals surface area contributed by atoms with Crippen LogP contribution in [0.3, 0.4) is 0 Å². The number of piperidine rings is 1. The summed E-state index contributed by atoms with van der Waals surface area (Å²) < 4.78 is 6.36. The molecule has 0 bridgehead atoms. The van der Waals surface area contributed by atoms with E-state index >= 15 is 0 Å². The lowest BCUT2D eigenvalue weighted by Crippen LogP contribution is -2.43. The van der Waals surface area contributed by atoms with Crippen molar-refractivity contribution < 1.29 is 14.3 Å². The van der Waals surface area contributed by atoms with Gasteiger partial charge in [0.2, 0.25) is 0 Å². The van der Waals surface area contributed by atoms with E-state index in [2.05, 4.69) is 20.9 Å². The molecule has 0 radical (unpaired) electrons. The van der Waals surface area contributed by atoms with Gasteiger partial charge in [0, 0.05) is 42.2 Å². The quantitative estimate of drug-likeness (QED) is 0.624. The average molecular weight is 476 g/mol. The summed E-state index contributed by atoms with van der Waals surface area (Å²) in [4.78, 5) is 33.6. The Bertz CT molecular complexity index is 947. The first-order valence-electron chi connectivity index (χ1n) is 10.3. The van der Waals surface area contributed by atoms with Gasteiger partial charge in [-0.1, -0.05) is 15.9 Å². The summed E-state index contributed by atoms with van der Waals surface area (Å²) in [6, 6.07) is 7.70. The van der Waals surface area contributed by atoms with Gasteiger partial charge in [-0.2, -0.15) is 0 Å². The standard InChI is InChI=1S/C23H30BrN3O3/c1-15-12-19(18-13-17(24)6-7-20(18)25-15)21(28)27-10-8-16(9-11-27)14-26(5)22(29)30-23(2,3)4/h6-7,12-13,16H,8-11,14H2,1-5H3. The molecule has 0 saturated carbocycles. The molecule has 6 nitrogen and oxygen atoms in total. The highest BCUT2D eigenvalue weighted by Crippen LogP contribution is 2.26. The zero-order valence-electron chi connectivity index (χ0n) is 18.4. The molecule has 2 aromatic rings. The smallest absolute Gasteiger partial charge is 0.410 e. The molecule has 0 spiro atoms. The molecule has 1 fully saturated rings. The third-order valence-corrected chi connectivity index (χ3v) is 5.76. The minimum absolute atomic E-state index is 0.0440. The molecule has 1 aromatic heterocycles. The molecule has 0 aliphatic carbocycles. The Morgan fingerprint density at radius 2 is 1.90 bits per heavy atom. The fraction of sp³-hybridized carbons (Fsp3) is 0.522. The van der Waals surface area contributed by atoms with Crippen LogP contribution < -0.4 is 0 Å². The maximum atomic E-state index is 13.3. The van der Waals surface area contributed by atoms with Crippen LogP contribution >= 0.6 is 15.9 Å². The van der Waals surface area contributed by atoms with Gasteiger partial charge in [0.15, 0.2) is 0 Å². The topological polar surface area (TPSA) is 62.7 Å². The molecule has 0 atom stereocenters. The predicted octanol–water partition coefficient (Wildman–Crippen LogP) is 5.02. The van der Waals surface area contributed by atoms with E-state index in [-0.39, 0.29) is 12.0 Å². The molecular formula is C23H30BrN3O3. The number of nitrogens with zero attached hydrogens (tertiary/aromatic N) is 3. The number of aromatic nitrogens is 1. The van der Waals surface area contributed by atoms with Gasteiger partial charge in [-0.15, -0.1) is 0 Å². The fourth-order valence-electron chi connectivity index (χ4n) is 3.80. The largest absolute Gasteiger partial charge is 0.444 e. The summed E-state index contributed by atoms with van der Waals surface area (Å²) in [6.07, 6.45) is 1.43. The summed E-state index contributed by atoms with van der Waals surface area (Å²) in [7, 11) is 1.77. The molecule has 1 aromatic carbocycles. The van der Waals surface area contributed by atoms with Gasteiger partial charge in [0.05, 0.1) is 11.1 Å². The highest BCUT2D eigenvalue weighted by atomic mass is 79.9. The number of carbonyl (C=O) groups excluding carboxylic acids is 2. The zero-order chi connectivity index (χ0) is 22.1. The summed E-state index contributed by atoms with van der Waals surface area (Å²) >= 11 is 3.50. The van der Waals surface area contributed by atoms with Gasteiger partial charge >= 0.3 is 6.09 Å². The number of benzene rings is 1. The van der Waals surface area contributed by atoms with Crippen LogP contribution in [-0.2, 0) is 4.74 Å². The second-order valence-electron chi connectivity index (χ2n) is 9.07. The van der Waals surface area contributed by atoms with E-state index in [1.807, 2.05) is 56.9 Å². The first-order valence-corrected chi connectivity index (χ1v) is 11.1. The number of hydrogen-bond donors (Lipinski definition) is 0. The van der Waals surface area contributed by atoms with Crippen LogP contribution in [0.4, 0.5) is 4.79 Å². The van der Waals surface area contributed by atoms with E-state index in [0.29, 0.717) is 31.1 Å². The van der Waals surface area contributed by atoms with Gasteiger partial charge in [0.25, 0.3) is 5.91 Å². The van der Waals surface area contributed by atoms with Crippen LogP contribution in [0.2, 0.25) is 0 Å². The number of pyridine rings is 1. The van der Waals surface area contributed by atoms with Crippen molar-refractivity contribution in [2.45, 2.75) is 46.1 Å². The number of carbonyl (C=O) groups is 2. The van der Waals surface area contributed by atoms with E-state index in [4.69, 9.17) is 4.74 Å². The van der Waals surface area contributed by atoms with Gasteiger partial charge < -0.3 is 14.5 Å². The number of rotatable bonds is 3. The minimum atomic E-state index is -0.498. The molecule has 2 amide bonds. The van der Waals surface area contributed by atoms with Crippen LogP contribution in [0.15, 0.2) is 28.7 Å². The second-order valence-corrected chi connectivity index (χ2v) is 9.98. The van der Waals surface area contributed by atoms with Gasteiger partial charge in [-0.05, 0) is 70.7 Å². The van der Waals surface area contributed by atoms with E-state index in [1.165, 1.54) is 0 Å². The zero-order valence-corrected chi connectivity index (χ0v) is 20.0. The maximum Gasteiger partial charge on any atom is 0.410 e. The molecule has 1 aliphatic rings. The molecular weight excluding hydrogens is 446 g/mol. The van der Waals surface area contributed by atoms with Gasteiger partial charge in [-0.3, -0.25) is 9.78 Å². The molecule has 3 rings (SSSR count). The molecule has 2 heterocycles. The van der Waals surface area contributed by atoms with Gasteiger partial charge in [-0.25, -0.2) is 4.79 Å². The van der Waals surface area contributed by atoms with E-state index in [1.54, 1.807) is 11.9 Å². The number of amides is 2. The van der Waals surface area contributed by atoms with Crippen molar-refractivity contribution in [1.29, 1.82) is 0 Å². The SMILES string of the molecule is Cc1cc(C(=O)N2CCC(CN(C)C(=O)OC(C)(C)C)CC2)c2cc(Br)ccc2n1. The Kier molecular flexibility index (Phi) is 6.70. The number of ether oxygens (including phenoxy) is 1. The number of hydrogen-bond acceptors (Lipinski definition) is 4. The highest BCUT2D eigenvalue weighted by Gasteiger charge is 2.28. The molecule has 1 saturated heterocycles. The van der Waals surface area contributed by atoms with Crippen molar-refractivity contribution in [3.63, 3.8) is 0 Å². The van der Waals surface area contributed by atoms with Crippen molar-refractivity contribution in [1.82, 2.24) is 14.8 Å². The number of halogens is 1. The molecule has 162 valence electrons. The summed E-state index contributed by atoms with van der Waals surface area (Å²) in [6.45, 7) is 9.52. The number of aryl methyl sites for hydroxylation is 1. The Morgan fingerprint density at radius 3 is 2.53 bits per heavy atom. The molecule has 0 N–H and O–H groups in total. The van der Waals surface area contributed by atoms with Crippen LogP contribution in [0.1, 0.15) is 49.7 Å². The third-order valence-electron chi connectivity index (χ3n) is 5.27. The van der Waals surface area contributed by atoms with Crippen LogP contribution in [0.25, 0.3) is 10.9 Å². The van der Waals surface area contributed by atoms with E-state index in [0.717, 1.165) is 33.9 Å². The first-order chi connectivity index (χ1) is 14.0. The Morgan fingerprint density at radius 1 is 1.23 bits per heavy atom. The first kappa shape index (κ1) is 22.5. The molecule has 7 heteroatoms. The lowest BCUT2D eigenvalue weighted by atomic mass is 9.95. The van der Waals surface area contributed by atoms with Crippen LogP contribution in [-0.4, -0.2) is 59.1 Å². The Hall–Kier alpha value is -2.15. The van der Waals surface area contributed by atoms with Crippen molar-refractivity contribution in [2.75, 3.05) is 26.7 Å². The summed E-state index contributed by atoms with van der Waals surface area (Å²) in [5.41, 5.74) is 1.86. The van der Waals surface area contributed by atoms with E-state index < -0.39 is 5.60 Å². The molecule has 0 unspecified atom stereocenters. The summed E-state index contributed by atoms with van der Waals surface area (Å²) in [5, 5.41) is 0.867. The highest BCUT2D eigenvalue weighted by molar-refractivity contribution is 9.10. The van der Waals surface area contributed by atoms with Crippen LogP contribution in [0.5, 0.6) is 0 Å². The Labute approximate surface area is 186 Å². The maximum absolute atomic E-state index is 13.3. The predicted molar refractivity (Wildman–Crippen MR) is 122 cm³/mol. The lowest BCUT2D eigenvalue weighted by Gasteiger charge is -2.34. The molecule has 1 aliphatic heterocycles. The van der Waals surface area contributed by atoms with Crippen LogP contribution in [0, 0.1) is 12.8 Å². The van der Waals surface area contributed by atoms with Crippen molar-refractivity contribution in [3.8, 4) is 0 Å². The number of fused-ring (bicyclic) bond motifs is 1. The average Bonchev–Trinajstić information content (AvgIpc) is 2.66. The number of likely N-dealkylation sites (tertiary alicyclic amines) is 1. The van der Waals surface area contributed by atoms with Gasteiger partial charge in [0.1, 0.15) is 5.60 Å². The van der Waals surface area contributed by atoms with Crippen molar-refractivity contribution >= 4 is 38.8 Å². The lowest BCUT2D eigenvalue weighted by molar-refractivity contribution is 0.0246. The van der Waals surface area contributed by atoms with Crippen molar-refractivity contribution in [3.05, 3.63) is 40.0 Å². The molecule has 30 heavy (non-hydrogen) atoms. The van der Waals surface area contributed by atoms with Crippen molar-refractivity contribution in [2.24, 2.45) is 5.92 Å². The van der Waals surface area contributed by atoms with E-state index in [9.17, 15) is 9.59 Å². The normalized spacial score (nSPS) is 15.3. The monoisotopic (exact) mass is 475 g/mol. The second kappa shape index (κ2) is 8.92. The summed E-state index contributed by atoms with van der Waals surface area (Å²) in [5.74, 6) is 0.402.